The van der Waals surface area contributed by atoms with Gasteiger partial charge in [0.25, 0.3) is 5.91 Å². The highest BCUT2D eigenvalue weighted by Crippen LogP contribution is 2.32. The topological polar surface area (TPSA) is 74.5 Å². The second kappa shape index (κ2) is 5.34. The molecule has 106 valence electrons. The van der Waals surface area contributed by atoms with Crippen LogP contribution in [0, 0.1) is 0 Å². The average molecular weight is 283 g/mol. The number of likely N-dealkylation sites (N-methyl/N-ethyl adjacent to an activating group) is 1. The number of hydrogen-bond acceptors (Lipinski definition) is 6. The number of nitrogens with zero attached hydrogens (tertiary/aromatic N) is 3. The summed E-state index contributed by atoms with van der Waals surface area (Å²) in [6.45, 7) is 6.14. The molecular weight excluding hydrogens is 262 g/mol. The molecule has 1 saturated heterocycles. The van der Waals surface area contributed by atoms with E-state index >= 15 is 0 Å². The third kappa shape index (κ3) is 2.52. The lowest BCUT2D eigenvalue weighted by molar-refractivity contribution is 0.0964. The Kier molecular flexibility index (Phi) is 3.96. The molecule has 0 aliphatic carbocycles. The summed E-state index contributed by atoms with van der Waals surface area (Å²) in [7, 11) is 3.74. The molecule has 2 atom stereocenters. The molecule has 2 unspecified atom stereocenters. The first-order valence-corrected chi connectivity index (χ1v) is 7.17. The largest absolute Gasteiger partial charge is 0.382 e. The van der Waals surface area contributed by atoms with Crippen LogP contribution in [-0.2, 0) is 0 Å². The lowest BCUT2D eigenvalue weighted by atomic mass is 10.1. The van der Waals surface area contributed by atoms with Crippen molar-refractivity contribution >= 4 is 28.3 Å². The standard InChI is InChI=1S/C12H21N5OS/c1-7-5-17(6-8(2)16(7)4)12-9(11(18)14-3)10(13)15-19-12/h7-8H,5-6H2,1-4H3,(H2,13,15)(H,14,18). The molecule has 2 rings (SSSR count). The number of nitrogen functional groups attached to an aromatic ring is 1. The van der Waals surface area contributed by atoms with Crippen LogP contribution in [0.15, 0.2) is 0 Å². The maximum atomic E-state index is 11.9. The van der Waals surface area contributed by atoms with Crippen molar-refractivity contribution in [2.75, 3.05) is 37.8 Å². The number of nitrogens with two attached hydrogens (primary N) is 1. The minimum absolute atomic E-state index is 0.166. The van der Waals surface area contributed by atoms with Gasteiger partial charge in [-0.15, -0.1) is 0 Å². The van der Waals surface area contributed by atoms with Crippen molar-refractivity contribution in [3.63, 3.8) is 0 Å². The monoisotopic (exact) mass is 283 g/mol. The molecule has 0 saturated carbocycles. The van der Waals surface area contributed by atoms with Gasteiger partial charge in [-0.2, -0.15) is 4.37 Å². The van der Waals surface area contributed by atoms with E-state index in [4.69, 9.17) is 5.73 Å². The zero-order valence-electron chi connectivity index (χ0n) is 11.8. The van der Waals surface area contributed by atoms with Crippen molar-refractivity contribution in [2.24, 2.45) is 0 Å². The second-order valence-corrected chi connectivity index (χ2v) is 5.85. The van der Waals surface area contributed by atoms with E-state index < -0.39 is 0 Å². The fourth-order valence-electron chi connectivity index (χ4n) is 2.42. The molecule has 1 fully saturated rings. The lowest BCUT2D eigenvalue weighted by Crippen LogP contribution is -2.55. The Labute approximate surface area is 117 Å². The highest BCUT2D eigenvalue weighted by molar-refractivity contribution is 7.11. The van der Waals surface area contributed by atoms with Gasteiger partial charge in [-0.1, -0.05) is 0 Å². The molecule has 1 aromatic rings. The molecular formula is C12H21N5OS. The summed E-state index contributed by atoms with van der Waals surface area (Å²) in [6, 6.07) is 0.870. The third-order valence-corrected chi connectivity index (χ3v) is 4.72. The number of carbonyl (C=O) groups is 1. The maximum absolute atomic E-state index is 11.9. The first kappa shape index (κ1) is 14.1. The van der Waals surface area contributed by atoms with Gasteiger partial charge in [0.2, 0.25) is 0 Å². The van der Waals surface area contributed by atoms with Crippen LogP contribution >= 0.6 is 11.5 Å². The Balaban J connectivity index is 2.30. The van der Waals surface area contributed by atoms with Gasteiger partial charge in [-0.3, -0.25) is 9.69 Å². The number of piperazine rings is 1. The molecule has 1 amide bonds. The first-order valence-electron chi connectivity index (χ1n) is 6.39. The second-order valence-electron chi connectivity index (χ2n) is 5.10. The van der Waals surface area contributed by atoms with Crippen LogP contribution in [0.2, 0.25) is 0 Å². The molecule has 0 aromatic carbocycles. The van der Waals surface area contributed by atoms with Gasteiger partial charge in [-0.25, -0.2) is 0 Å². The first-order chi connectivity index (χ1) is 8.95. The predicted octanol–water partition coefficient (Wildman–Crippen LogP) is 0.614. The van der Waals surface area contributed by atoms with Gasteiger partial charge >= 0.3 is 0 Å². The van der Waals surface area contributed by atoms with Gasteiger partial charge in [0.1, 0.15) is 10.6 Å². The molecule has 0 radical (unpaired) electrons. The summed E-state index contributed by atoms with van der Waals surface area (Å²) in [5, 5.41) is 3.51. The third-order valence-electron chi connectivity index (χ3n) is 3.80. The molecule has 7 heteroatoms. The smallest absolute Gasteiger partial charge is 0.257 e. The number of nitrogens with one attached hydrogen (secondary N) is 1. The van der Waals surface area contributed by atoms with Gasteiger partial charge in [0.15, 0.2) is 5.82 Å². The Morgan fingerprint density at radius 1 is 1.42 bits per heavy atom. The molecule has 1 aliphatic rings. The molecule has 1 aromatic heterocycles. The zero-order valence-corrected chi connectivity index (χ0v) is 12.6. The molecule has 6 nitrogen and oxygen atoms in total. The number of amides is 1. The molecule has 19 heavy (non-hydrogen) atoms. The van der Waals surface area contributed by atoms with Crippen LogP contribution in [0.25, 0.3) is 0 Å². The highest BCUT2D eigenvalue weighted by Gasteiger charge is 2.31. The van der Waals surface area contributed by atoms with E-state index in [0.29, 0.717) is 23.5 Å². The average Bonchev–Trinajstić information content (AvgIpc) is 2.76. The highest BCUT2D eigenvalue weighted by atomic mass is 32.1. The number of rotatable bonds is 2. The minimum Gasteiger partial charge on any atom is -0.382 e. The fraction of sp³-hybridized carbons (Fsp3) is 0.667. The predicted molar refractivity (Wildman–Crippen MR) is 78.8 cm³/mol. The lowest BCUT2D eigenvalue weighted by Gasteiger charge is -2.43. The van der Waals surface area contributed by atoms with E-state index in [-0.39, 0.29) is 5.91 Å². The molecule has 1 aliphatic heterocycles. The van der Waals surface area contributed by atoms with Crippen molar-refractivity contribution in [1.82, 2.24) is 14.6 Å². The van der Waals surface area contributed by atoms with Crippen LogP contribution in [0.3, 0.4) is 0 Å². The van der Waals surface area contributed by atoms with Gasteiger partial charge in [-0.05, 0) is 32.4 Å². The van der Waals surface area contributed by atoms with E-state index in [2.05, 4.69) is 40.4 Å². The van der Waals surface area contributed by atoms with Gasteiger partial charge in [0, 0.05) is 32.2 Å². The van der Waals surface area contributed by atoms with E-state index in [9.17, 15) is 4.79 Å². The Morgan fingerprint density at radius 2 is 2.00 bits per heavy atom. The summed E-state index contributed by atoms with van der Waals surface area (Å²) >= 11 is 1.30. The quantitative estimate of drug-likeness (QED) is 0.832. The molecule has 2 heterocycles. The summed E-state index contributed by atoms with van der Waals surface area (Å²) < 4.78 is 4.13. The van der Waals surface area contributed by atoms with E-state index in [1.807, 2.05) is 0 Å². The van der Waals surface area contributed by atoms with Crippen molar-refractivity contribution < 1.29 is 4.79 Å². The molecule has 0 bridgehead atoms. The summed E-state index contributed by atoms with van der Waals surface area (Å²) in [5.41, 5.74) is 6.33. The van der Waals surface area contributed by atoms with Gasteiger partial charge in [0.05, 0.1) is 0 Å². The summed E-state index contributed by atoms with van der Waals surface area (Å²) in [6.07, 6.45) is 0. The van der Waals surface area contributed by atoms with Crippen LogP contribution < -0.4 is 16.0 Å². The normalized spacial score (nSPS) is 24.5. The molecule has 0 spiro atoms. The van der Waals surface area contributed by atoms with Crippen molar-refractivity contribution in [3.8, 4) is 0 Å². The van der Waals surface area contributed by atoms with Crippen LogP contribution in [0.1, 0.15) is 24.2 Å². The van der Waals surface area contributed by atoms with Crippen LogP contribution in [-0.4, -0.2) is 54.4 Å². The number of aromatic nitrogens is 1. The maximum Gasteiger partial charge on any atom is 0.257 e. The summed E-state index contributed by atoms with van der Waals surface area (Å²) in [5.74, 6) is 0.152. The fourth-order valence-corrected chi connectivity index (χ4v) is 3.25. The summed E-state index contributed by atoms with van der Waals surface area (Å²) in [4.78, 5) is 16.5. The minimum atomic E-state index is -0.166. The Hall–Kier alpha value is -1.34. The van der Waals surface area contributed by atoms with Crippen LogP contribution in [0.4, 0.5) is 10.8 Å². The Bertz CT molecular complexity index is 463. The number of carbonyl (C=O) groups excluding carboxylic acids is 1. The van der Waals surface area contributed by atoms with E-state index in [1.54, 1.807) is 7.05 Å². The van der Waals surface area contributed by atoms with Crippen molar-refractivity contribution in [2.45, 2.75) is 25.9 Å². The molecule has 3 N–H and O–H groups in total. The zero-order chi connectivity index (χ0) is 14.2. The SMILES string of the molecule is CNC(=O)c1c(N)nsc1N1CC(C)N(C)C(C)C1. The van der Waals surface area contributed by atoms with Crippen molar-refractivity contribution in [1.29, 1.82) is 0 Å². The van der Waals surface area contributed by atoms with E-state index in [1.165, 1.54) is 11.5 Å². The van der Waals surface area contributed by atoms with Gasteiger partial charge < -0.3 is 16.0 Å². The van der Waals surface area contributed by atoms with E-state index in [0.717, 1.165) is 18.1 Å². The number of anilines is 2. The number of hydrogen-bond donors (Lipinski definition) is 2. The van der Waals surface area contributed by atoms with Crippen molar-refractivity contribution in [3.05, 3.63) is 5.56 Å². The Morgan fingerprint density at radius 3 is 2.53 bits per heavy atom. The van der Waals surface area contributed by atoms with Crippen LogP contribution in [0.5, 0.6) is 0 Å².